The Morgan fingerprint density at radius 2 is 0.857 bits per heavy atom. The minimum atomic E-state index is -0.278. The third-order valence-electron chi connectivity index (χ3n) is 8.17. The lowest BCUT2D eigenvalue weighted by Crippen LogP contribution is -2.54. The van der Waals surface area contributed by atoms with Crippen molar-refractivity contribution in [2.24, 2.45) is 0 Å². The first-order chi connectivity index (χ1) is 17.1. The van der Waals surface area contributed by atoms with Crippen molar-refractivity contribution in [3.8, 4) is 0 Å². The van der Waals surface area contributed by atoms with Gasteiger partial charge in [0, 0.05) is 84.3 Å². The van der Waals surface area contributed by atoms with E-state index < -0.39 is 0 Å². The minimum Gasteiger partial charge on any atom is -0.464 e. The Morgan fingerprint density at radius 3 is 1.14 bits per heavy atom. The fraction of sp³-hybridized carbons (Fsp3) is 0.875. The predicted octanol–water partition coefficient (Wildman–Crippen LogP) is -1.06. The van der Waals surface area contributed by atoms with E-state index in [-0.39, 0.29) is 36.0 Å². The molecule has 5 saturated heterocycles. The van der Waals surface area contributed by atoms with E-state index in [2.05, 4.69) is 19.6 Å². The number of cyclic esters (lactones) is 3. The molecule has 11 heteroatoms. The van der Waals surface area contributed by atoms with Crippen molar-refractivity contribution in [3.63, 3.8) is 0 Å². The lowest BCUT2D eigenvalue weighted by molar-refractivity contribution is -0.145. The monoisotopic (exact) mass is 494 g/mol. The Kier molecular flexibility index (Phi) is 8.18. The van der Waals surface area contributed by atoms with Gasteiger partial charge in [-0.2, -0.15) is 0 Å². The average Bonchev–Trinajstić information content (AvgIpc) is 3.65. The molecule has 0 spiro atoms. The highest BCUT2D eigenvalue weighted by Gasteiger charge is 2.38. The summed E-state index contributed by atoms with van der Waals surface area (Å²) in [5, 5.41) is 0. The van der Waals surface area contributed by atoms with Crippen LogP contribution in [0.5, 0.6) is 0 Å². The van der Waals surface area contributed by atoms with E-state index in [4.69, 9.17) is 18.9 Å². The fourth-order valence-electron chi connectivity index (χ4n) is 6.04. The number of rotatable bonds is 4. The van der Waals surface area contributed by atoms with Crippen LogP contribution in [0.3, 0.4) is 0 Å². The standard InChI is InChI=1S/C24H38N4O7/c29-22-19(2-14-33-22)26-7-5-25(18-1-13-32-17-18)6-8-27(20-3-15-34-23(20)30)10-12-28(11-9-26)21-4-16-35-24(21)31/h18-21H,1-17H2. The number of carbonyl (C=O) groups excluding carboxylic acids is 3. The molecule has 4 atom stereocenters. The molecule has 0 amide bonds. The summed E-state index contributed by atoms with van der Waals surface area (Å²) in [5.74, 6) is -0.473. The predicted molar refractivity (Wildman–Crippen MR) is 124 cm³/mol. The molecule has 0 saturated carbocycles. The fourth-order valence-corrected chi connectivity index (χ4v) is 6.04. The Bertz CT molecular complexity index is 735. The van der Waals surface area contributed by atoms with Crippen LogP contribution in [0.15, 0.2) is 0 Å². The van der Waals surface area contributed by atoms with Gasteiger partial charge in [0.1, 0.15) is 18.1 Å². The second-order valence-electron chi connectivity index (χ2n) is 10.1. The van der Waals surface area contributed by atoms with Gasteiger partial charge in [-0.25, -0.2) is 0 Å². The molecule has 0 N–H and O–H groups in total. The highest BCUT2D eigenvalue weighted by Crippen LogP contribution is 2.21. The lowest BCUT2D eigenvalue weighted by atomic mass is 10.1. The van der Waals surface area contributed by atoms with E-state index in [1.165, 1.54) is 0 Å². The molecule has 0 bridgehead atoms. The smallest absolute Gasteiger partial charge is 0.323 e. The zero-order valence-electron chi connectivity index (χ0n) is 20.5. The Balaban J connectivity index is 1.35. The van der Waals surface area contributed by atoms with E-state index in [1.807, 2.05) is 0 Å². The summed E-state index contributed by atoms with van der Waals surface area (Å²) in [7, 11) is 0. The van der Waals surface area contributed by atoms with Crippen LogP contribution in [0, 0.1) is 0 Å². The molecule has 0 aromatic heterocycles. The normalized spacial score (nSPS) is 35.5. The summed E-state index contributed by atoms with van der Waals surface area (Å²) < 4.78 is 21.5. The van der Waals surface area contributed by atoms with Crippen LogP contribution in [-0.4, -0.2) is 147 Å². The topological polar surface area (TPSA) is 101 Å². The maximum absolute atomic E-state index is 12.5. The van der Waals surface area contributed by atoms with E-state index in [1.54, 1.807) is 0 Å². The van der Waals surface area contributed by atoms with Gasteiger partial charge < -0.3 is 18.9 Å². The molecule has 5 rings (SSSR count). The van der Waals surface area contributed by atoms with Crippen molar-refractivity contribution in [2.75, 3.05) is 85.4 Å². The van der Waals surface area contributed by atoms with Gasteiger partial charge >= 0.3 is 17.9 Å². The molecule has 35 heavy (non-hydrogen) atoms. The van der Waals surface area contributed by atoms with Crippen molar-refractivity contribution in [1.29, 1.82) is 0 Å². The third kappa shape index (κ3) is 5.80. The molecular weight excluding hydrogens is 456 g/mol. The Hall–Kier alpha value is -1.79. The largest absolute Gasteiger partial charge is 0.464 e. The molecule has 11 nitrogen and oxygen atoms in total. The van der Waals surface area contributed by atoms with Gasteiger partial charge in [-0.05, 0) is 6.42 Å². The molecule has 0 aromatic carbocycles. The summed E-state index contributed by atoms with van der Waals surface area (Å²) in [5.41, 5.74) is 0. The van der Waals surface area contributed by atoms with Gasteiger partial charge in [0.05, 0.1) is 26.4 Å². The molecule has 5 aliphatic rings. The van der Waals surface area contributed by atoms with Gasteiger partial charge in [-0.1, -0.05) is 0 Å². The van der Waals surface area contributed by atoms with Crippen LogP contribution in [0.1, 0.15) is 25.7 Å². The quantitative estimate of drug-likeness (QED) is 0.353. The van der Waals surface area contributed by atoms with E-state index in [9.17, 15) is 14.4 Å². The number of nitrogens with zero attached hydrogens (tertiary/aromatic N) is 4. The van der Waals surface area contributed by atoms with Gasteiger partial charge in [-0.3, -0.25) is 34.0 Å². The number of hydrogen-bond acceptors (Lipinski definition) is 11. The Labute approximate surface area is 206 Å². The molecule has 5 fully saturated rings. The van der Waals surface area contributed by atoms with Gasteiger partial charge in [-0.15, -0.1) is 0 Å². The first-order valence-corrected chi connectivity index (χ1v) is 13.1. The first-order valence-electron chi connectivity index (χ1n) is 13.1. The van der Waals surface area contributed by atoms with Crippen molar-refractivity contribution in [2.45, 2.75) is 49.9 Å². The zero-order chi connectivity index (χ0) is 24.2. The van der Waals surface area contributed by atoms with Crippen LogP contribution in [-0.2, 0) is 33.3 Å². The van der Waals surface area contributed by atoms with E-state index in [0.29, 0.717) is 77.9 Å². The number of hydrogen-bond donors (Lipinski definition) is 0. The number of esters is 3. The molecule has 5 heterocycles. The third-order valence-corrected chi connectivity index (χ3v) is 8.17. The summed E-state index contributed by atoms with van der Waals surface area (Å²) >= 11 is 0. The molecular formula is C24H38N4O7. The van der Waals surface area contributed by atoms with Crippen LogP contribution >= 0.6 is 0 Å². The molecule has 0 radical (unpaired) electrons. The number of carbonyl (C=O) groups is 3. The summed E-state index contributed by atoms with van der Waals surface area (Å²) in [6.45, 7) is 8.60. The summed E-state index contributed by atoms with van der Waals surface area (Å²) in [6, 6.07) is -0.402. The summed E-state index contributed by atoms with van der Waals surface area (Å²) in [4.78, 5) is 46.5. The Morgan fingerprint density at radius 1 is 0.486 bits per heavy atom. The molecule has 196 valence electrons. The highest BCUT2D eigenvalue weighted by atomic mass is 16.5. The second-order valence-corrected chi connectivity index (χ2v) is 10.1. The van der Waals surface area contributed by atoms with Gasteiger partial charge in [0.2, 0.25) is 0 Å². The zero-order valence-corrected chi connectivity index (χ0v) is 20.5. The average molecular weight is 495 g/mol. The van der Waals surface area contributed by atoms with E-state index in [0.717, 1.165) is 39.2 Å². The van der Waals surface area contributed by atoms with Crippen molar-refractivity contribution in [1.82, 2.24) is 19.6 Å². The maximum Gasteiger partial charge on any atom is 0.323 e. The van der Waals surface area contributed by atoms with Crippen LogP contribution in [0.2, 0.25) is 0 Å². The van der Waals surface area contributed by atoms with E-state index >= 15 is 0 Å². The van der Waals surface area contributed by atoms with Crippen molar-refractivity contribution >= 4 is 17.9 Å². The van der Waals surface area contributed by atoms with Crippen LogP contribution in [0.4, 0.5) is 0 Å². The minimum absolute atomic E-state index is 0.148. The molecule has 0 aliphatic carbocycles. The van der Waals surface area contributed by atoms with Crippen molar-refractivity contribution in [3.05, 3.63) is 0 Å². The molecule has 5 aliphatic heterocycles. The van der Waals surface area contributed by atoms with Gasteiger partial charge in [0.25, 0.3) is 0 Å². The van der Waals surface area contributed by atoms with Crippen LogP contribution < -0.4 is 0 Å². The highest BCUT2D eigenvalue weighted by molar-refractivity contribution is 5.78. The van der Waals surface area contributed by atoms with Crippen molar-refractivity contribution < 1.29 is 33.3 Å². The number of ether oxygens (including phenoxy) is 4. The second kappa shape index (κ2) is 11.5. The maximum atomic E-state index is 12.5. The SMILES string of the molecule is O=C1OCCC1N1CCN(C2CCOC2)CCN(C2CCOC2=O)CCN(C2CCOC2=O)CC1. The van der Waals surface area contributed by atoms with Crippen LogP contribution in [0.25, 0.3) is 0 Å². The molecule has 4 unspecified atom stereocenters. The molecule has 0 aromatic rings. The lowest BCUT2D eigenvalue weighted by Gasteiger charge is -2.38. The van der Waals surface area contributed by atoms with Gasteiger partial charge in [0.15, 0.2) is 0 Å². The summed E-state index contributed by atoms with van der Waals surface area (Å²) in [6.07, 6.45) is 3.07. The first kappa shape index (κ1) is 24.9.